The highest BCUT2D eigenvalue weighted by atomic mass is 16.2. The van der Waals surface area contributed by atoms with Crippen LogP contribution in [0.4, 0.5) is 0 Å². The molecule has 0 saturated heterocycles. The highest BCUT2D eigenvalue weighted by Crippen LogP contribution is 1.92. The molecule has 0 unspecified atom stereocenters. The highest BCUT2D eigenvalue weighted by molar-refractivity contribution is 5.67. The molecule has 2 rings (SSSR count). The summed E-state index contributed by atoms with van der Waals surface area (Å²) in [7, 11) is 1.00. The van der Waals surface area contributed by atoms with Crippen molar-refractivity contribution in [1.82, 2.24) is 19.9 Å². The van der Waals surface area contributed by atoms with E-state index in [9.17, 15) is 9.59 Å². The van der Waals surface area contributed by atoms with Gasteiger partial charge in [-0.2, -0.15) is 0 Å². The number of hydrogen-bond donors (Lipinski definition) is 4. The van der Waals surface area contributed by atoms with Crippen LogP contribution in [0.3, 0.4) is 0 Å². The minimum atomic E-state index is -0.547. The Morgan fingerprint density at radius 2 is 2.00 bits per heavy atom. The number of nitrogens with one attached hydrogen (secondary N) is 3. The van der Waals surface area contributed by atoms with Gasteiger partial charge in [-0.15, -0.1) is 0 Å². The number of nitrogens with zero attached hydrogens (tertiary/aromatic N) is 1. The van der Waals surface area contributed by atoms with Crippen LogP contribution in [0.15, 0.2) is 15.9 Å². The van der Waals surface area contributed by atoms with Gasteiger partial charge >= 0.3 is 5.69 Å². The average Bonchev–Trinajstić information content (AvgIpc) is 2.55. The zero-order valence-corrected chi connectivity index (χ0v) is 6.79. The molecule has 2 aromatic heterocycles. The third-order valence-electron chi connectivity index (χ3n) is 1.33. The maximum Gasteiger partial charge on any atom is 0.327 e. The summed E-state index contributed by atoms with van der Waals surface area (Å²) in [6.45, 7) is 0. The Labute approximate surface area is 71.5 Å². The van der Waals surface area contributed by atoms with E-state index >= 15 is 0 Å². The van der Waals surface area contributed by atoms with E-state index < -0.39 is 11.2 Å². The van der Waals surface area contributed by atoms with Crippen molar-refractivity contribution in [2.75, 3.05) is 7.11 Å². The minimum absolute atomic E-state index is 0.277. The summed E-state index contributed by atoms with van der Waals surface area (Å²) >= 11 is 0. The molecule has 0 radical (unpaired) electrons. The zero-order valence-electron chi connectivity index (χ0n) is 6.79. The lowest BCUT2D eigenvalue weighted by atomic mass is 10.5. The molecule has 0 atom stereocenters. The first kappa shape index (κ1) is 9.20. The van der Waals surface area contributed by atoms with Crippen LogP contribution < -0.4 is 11.2 Å². The summed E-state index contributed by atoms with van der Waals surface area (Å²) in [6.07, 6.45) is 1.34. The van der Waals surface area contributed by atoms with Gasteiger partial charge in [-0.1, -0.05) is 0 Å². The molecule has 4 N–H and O–H groups in total. The largest absolute Gasteiger partial charge is 0.400 e. The second kappa shape index (κ2) is 3.68. The first-order valence-corrected chi connectivity index (χ1v) is 3.38. The molecule has 2 aromatic rings. The van der Waals surface area contributed by atoms with E-state index in [4.69, 9.17) is 5.11 Å². The SMILES string of the molecule is CO.O=c1[nH]c(=O)c2[nH]cnc2[nH]1. The number of aromatic amines is 3. The van der Waals surface area contributed by atoms with Gasteiger partial charge in [0, 0.05) is 7.11 Å². The van der Waals surface area contributed by atoms with Crippen LogP contribution in [0.2, 0.25) is 0 Å². The molecule has 2 heterocycles. The van der Waals surface area contributed by atoms with E-state index in [0.29, 0.717) is 0 Å². The van der Waals surface area contributed by atoms with Crippen LogP contribution in [0.1, 0.15) is 0 Å². The second-order valence-corrected chi connectivity index (χ2v) is 2.03. The van der Waals surface area contributed by atoms with E-state index in [-0.39, 0.29) is 11.2 Å². The first-order chi connectivity index (χ1) is 6.27. The molecule has 7 nitrogen and oxygen atoms in total. The number of imidazole rings is 1. The fourth-order valence-corrected chi connectivity index (χ4v) is 0.867. The molecule has 13 heavy (non-hydrogen) atoms. The number of H-pyrrole nitrogens is 3. The van der Waals surface area contributed by atoms with E-state index in [1.807, 2.05) is 0 Å². The van der Waals surface area contributed by atoms with Gasteiger partial charge in [0.05, 0.1) is 6.33 Å². The summed E-state index contributed by atoms with van der Waals surface area (Å²) in [4.78, 5) is 32.3. The summed E-state index contributed by atoms with van der Waals surface area (Å²) in [5.41, 5.74) is -0.445. The topological polar surface area (TPSA) is 115 Å². The van der Waals surface area contributed by atoms with Gasteiger partial charge in [0.15, 0.2) is 5.65 Å². The predicted molar refractivity (Wildman–Crippen MR) is 45.5 cm³/mol. The lowest BCUT2D eigenvalue weighted by molar-refractivity contribution is 0.399. The second-order valence-electron chi connectivity index (χ2n) is 2.03. The molecular formula is C6H8N4O3. The number of rotatable bonds is 0. The summed E-state index contributed by atoms with van der Waals surface area (Å²) in [6, 6.07) is 0. The van der Waals surface area contributed by atoms with Crippen molar-refractivity contribution in [3.05, 3.63) is 27.2 Å². The number of aliphatic hydroxyl groups excluding tert-OH is 1. The Morgan fingerprint density at radius 3 is 2.69 bits per heavy atom. The van der Waals surface area contributed by atoms with Crippen LogP contribution >= 0.6 is 0 Å². The Bertz CT molecular complexity index is 494. The van der Waals surface area contributed by atoms with Gasteiger partial charge in [-0.25, -0.2) is 9.78 Å². The predicted octanol–water partition coefficient (Wildman–Crippen LogP) is -1.45. The van der Waals surface area contributed by atoms with Crippen molar-refractivity contribution in [2.45, 2.75) is 0 Å². The Balaban J connectivity index is 0.000000396. The van der Waals surface area contributed by atoms with Crippen LogP contribution in [0, 0.1) is 0 Å². The monoisotopic (exact) mass is 184 g/mol. The molecule has 0 aliphatic carbocycles. The van der Waals surface area contributed by atoms with Crippen LogP contribution in [0.25, 0.3) is 11.2 Å². The van der Waals surface area contributed by atoms with E-state index in [0.717, 1.165) is 7.11 Å². The molecule has 0 saturated carbocycles. The Kier molecular flexibility index (Phi) is 2.60. The molecule has 70 valence electrons. The number of hydrogen-bond acceptors (Lipinski definition) is 4. The number of fused-ring (bicyclic) bond motifs is 1. The van der Waals surface area contributed by atoms with Crippen molar-refractivity contribution in [2.24, 2.45) is 0 Å². The van der Waals surface area contributed by atoms with E-state index in [2.05, 4.69) is 19.9 Å². The Morgan fingerprint density at radius 1 is 1.31 bits per heavy atom. The molecule has 0 fully saturated rings. The van der Waals surface area contributed by atoms with Gasteiger partial charge in [-0.05, 0) is 0 Å². The van der Waals surface area contributed by atoms with Gasteiger partial charge in [0.25, 0.3) is 5.56 Å². The minimum Gasteiger partial charge on any atom is -0.400 e. The van der Waals surface area contributed by atoms with Crippen molar-refractivity contribution < 1.29 is 5.11 Å². The molecule has 0 spiro atoms. The summed E-state index contributed by atoms with van der Waals surface area (Å²) < 4.78 is 0. The van der Waals surface area contributed by atoms with Crippen molar-refractivity contribution >= 4 is 11.2 Å². The lowest BCUT2D eigenvalue weighted by Crippen LogP contribution is -2.21. The van der Waals surface area contributed by atoms with Crippen LogP contribution in [-0.2, 0) is 0 Å². The quantitative estimate of drug-likeness (QED) is 0.401. The molecule has 0 bridgehead atoms. The van der Waals surface area contributed by atoms with E-state index in [1.54, 1.807) is 0 Å². The third kappa shape index (κ3) is 1.64. The lowest BCUT2D eigenvalue weighted by Gasteiger charge is -1.83. The molecule has 0 aliphatic rings. The smallest absolute Gasteiger partial charge is 0.327 e. The highest BCUT2D eigenvalue weighted by Gasteiger charge is 1.99. The van der Waals surface area contributed by atoms with Crippen molar-refractivity contribution in [3.8, 4) is 0 Å². The number of aliphatic hydroxyl groups is 1. The fraction of sp³-hybridized carbons (Fsp3) is 0.167. The van der Waals surface area contributed by atoms with Gasteiger partial charge in [0.2, 0.25) is 0 Å². The van der Waals surface area contributed by atoms with Crippen LogP contribution in [-0.4, -0.2) is 32.2 Å². The molecule has 0 amide bonds. The van der Waals surface area contributed by atoms with E-state index in [1.165, 1.54) is 6.33 Å². The van der Waals surface area contributed by atoms with Gasteiger partial charge in [-0.3, -0.25) is 14.8 Å². The zero-order chi connectivity index (χ0) is 9.84. The van der Waals surface area contributed by atoms with Crippen molar-refractivity contribution in [3.63, 3.8) is 0 Å². The summed E-state index contributed by atoms with van der Waals surface area (Å²) in [5.74, 6) is 0. The molecular weight excluding hydrogens is 176 g/mol. The molecule has 0 aromatic carbocycles. The van der Waals surface area contributed by atoms with Gasteiger partial charge in [0.1, 0.15) is 5.52 Å². The fourth-order valence-electron chi connectivity index (χ4n) is 0.867. The maximum atomic E-state index is 10.9. The average molecular weight is 184 g/mol. The molecule has 0 aliphatic heterocycles. The first-order valence-electron chi connectivity index (χ1n) is 3.38. The van der Waals surface area contributed by atoms with Crippen molar-refractivity contribution in [1.29, 1.82) is 0 Å². The summed E-state index contributed by atoms with van der Waals surface area (Å²) in [5, 5.41) is 7.00. The Hall–Kier alpha value is -1.89. The number of aromatic nitrogens is 4. The third-order valence-corrected chi connectivity index (χ3v) is 1.33. The standard InChI is InChI=1S/C5H4N4O2.CH4O/c10-4-2-3(7-1-6-2)8-5(11)9-4;1-2/h1H,(H3,6,7,8,9,10,11);2H,1H3. The van der Waals surface area contributed by atoms with Crippen LogP contribution in [0.5, 0.6) is 0 Å². The normalized spacial score (nSPS) is 9.38. The maximum absolute atomic E-state index is 10.9. The van der Waals surface area contributed by atoms with Gasteiger partial charge < -0.3 is 10.1 Å². The molecule has 7 heteroatoms.